The third-order valence-electron chi connectivity index (χ3n) is 4.49. The smallest absolute Gasteiger partial charge is 0.271 e. The molecule has 2 rings (SSSR count). The first kappa shape index (κ1) is 22.6. The van der Waals surface area contributed by atoms with E-state index in [1.54, 1.807) is 25.1 Å². The third-order valence-corrected chi connectivity index (χ3v) is 6.00. The van der Waals surface area contributed by atoms with E-state index in [-0.39, 0.29) is 22.8 Å². The first-order valence-corrected chi connectivity index (χ1v) is 11.0. The maximum Gasteiger partial charge on any atom is 0.271 e. The van der Waals surface area contributed by atoms with E-state index < -0.39 is 26.9 Å². The van der Waals surface area contributed by atoms with Gasteiger partial charge in [-0.3, -0.25) is 19.2 Å². The van der Waals surface area contributed by atoms with E-state index in [9.17, 15) is 23.3 Å². The maximum absolute atomic E-state index is 12.9. The monoisotopic (exact) mass is 439 g/mol. The molecule has 0 saturated heterocycles. The second-order valence-corrected chi connectivity index (χ2v) is 8.93. The fraction of sp³-hybridized carbons (Fsp3) is 0.316. The minimum absolute atomic E-state index is 0.0397. The zero-order valence-electron chi connectivity index (χ0n) is 16.5. The van der Waals surface area contributed by atoms with Crippen LogP contribution in [0.1, 0.15) is 24.5 Å². The number of halogens is 1. The summed E-state index contributed by atoms with van der Waals surface area (Å²) in [6, 6.07) is 7.70. The molecule has 0 heterocycles. The molecule has 1 N–H and O–H groups in total. The molecule has 29 heavy (non-hydrogen) atoms. The average Bonchev–Trinajstić information content (AvgIpc) is 2.62. The second kappa shape index (κ2) is 8.79. The third kappa shape index (κ3) is 5.24. The van der Waals surface area contributed by atoms with Gasteiger partial charge in [0.2, 0.25) is 15.9 Å². The minimum Gasteiger partial charge on any atom is -0.323 e. The number of rotatable bonds is 7. The van der Waals surface area contributed by atoms with Crippen molar-refractivity contribution < 1.29 is 18.1 Å². The number of amides is 1. The lowest BCUT2D eigenvalue weighted by Crippen LogP contribution is -2.47. The summed E-state index contributed by atoms with van der Waals surface area (Å²) in [4.78, 5) is 23.3. The van der Waals surface area contributed by atoms with Crippen molar-refractivity contribution >= 4 is 44.6 Å². The van der Waals surface area contributed by atoms with E-state index in [1.807, 2.05) is 13.8 Å². The van der Waals surface area contributed by atoms with Gasteiger partial charge in [0.25, 0.3) is 5.69 Å². The molecule has 0 aliphatic heterocycles. The van der Waals surface area contributed by atoms with Crippen molar-refractivity contribution in [3.63, 3.8) is 0 Å². The number of aryl methyl sites for hydroxylation is 2. The number of nitro benzene ring substituents is 1. The second-order valence-electron chi connectivity index (χ2n) is 6.66. The van der Waals surface area contributed by atoms with Gasteiger partial charge in [-0.15, -0.1) is 0 Å². The number of carbonyl (C=O) groups excluding carboxylic acids is 1. The summed E-state index contributed by atoms with van der Waals surface area (Å²) in [5.74, 6) is -0.640. The van der Waals surface area contributed by atoms with Crippen LogP contribution in [0.5, 0.6) is 0 Å². The van der Waals surface area contributed by atoms with Crippen molar-refractivity contribution in [3.05, 3.63) is 62.7 Å². The van der Waals surface area contributed by atoms with Crippen molar-refractivity contribution in [1.29, 1.82) is 0 Å². The van der Waals surface area contributed by atoms with Crippen LogP contribution in [0.2, 0.25) is 5.02 Å². The summed E-state index contributed by atoms with van der Waals surface area (Å²) in [6.07, 6.45) is 1.21. The summed E-state index contributed by atoms with van der Waals surface area (Å²) in [5.41, 5.74) is 2.03. The molecule has 0 saturated carbocycles. The number of nitrogens with zero attached hydrogens (tertiary/aromatic N) is 2. The molecule has 1 atom stereocenters. The Hall–Kier alpha value is -2.65. The Morgan fingerprint density at radius 2 is 1.86 bits per heavy atom. The molecule has 0 spiro atoms. The lowest BCUT2D eigenvalue weighted by atomic mass is 10.1. The van der Waals surface area contributed by atoms with Crippen molar-refractivity contribution in [3.8, 4) is 0 Å². The van der Waals surface area contributed by atoms with Gasteiger partial charge < -0.3 is 5.32 Å². The summed E-state index contributed by atoms with van der Waals surface area (Å²) < 4.78 is 26.1. The lowest BCUT2D eigenvalue weighted by molar-refractivity contribution is -0.384. The van der Waals surface area contributed by atoms with Gasteiger partial charge in [0, 0.05) is 12.1 Å². The number of carbonyl (C=O) groups is 1. The summed E-state index contributed by atoms with van der Waals surface area (Å²) in [6.45, 7) is 5.43. The van der Waals surface area contributed by atoms with E-state index in [1.165, 1.54) is 12.1 Å². The fourth-order valence-electron chi connectivity index (χ4n) is 2.86. The van der Waals surface area contributed by atoms with Crippen LogP contribution in [0.25, 0.3) is 0 Å². The van der Waals surface area contributed by atoms with E-state index in [0.29, 0.717) is 5.69 Å². The summed E-state index contributed by atoms with van der Waals surface area (Å²) in [7, 11) is -3.80. The normalized spacial score (nSPS) is 12.3. The highest BCUT2D eigenvalue weighted by atomic mass is 35.5. The van der Waals surface area contributed by atoms with Crippen molar-refractivity contribution in [2.24, 2.45) is 0 Å². The van der Waals surface area contributed by atoms with Gasteiger partial charge in [-0.05, 0) is 49.6 Å². The number of anilines is 2. The Morgan fingerprint density at radius 3 is 2.38 bits per heavy atom. The molecule has 2 aromatic rings. The van der Waals surface area contributed by atoms with E-state index in [4.69, 9.17) is 11.6 Å². The predicted octanol–water partition coefficient (Wildman–Crippen LogP) is 4.05. The van der Waals surface area contributed by atoms with Crippen molar-refractivity contribution in [2.75, 3.05) is 15.9 Å². The van der Waals surface area contributed by atoms with Crippen LogP contribution >= 0.6 is 11.6 Å². The molecule has 0 unspecified atom stereocenters. The number of nitrogens with one attached hydrogen (secondary N) is 1. The molecule has 2 aromatic carbocycles. The first-order chi connectivity index (χ1) is 13.5. The predicted molar refractivity (Wildman–Crippen MR) is 114 cm³/mol. The van der Waals surface area contributed by atoms with Gasteiger partial charge >= 0.3 is 0 Å². The van der Waals surface area contributed by atoms with E-state index in [0.717, 1.165) is 27.8 Å². The van der Waals surface area contributed by atoms with Gasteiger partial charge in [-0.25, -0.2) is 8.42 Å². The SMILES string of the molecule is CC[C@H](C(=O)Nc1cc([N+](=O)[O-])ccc1Cl)N(c1ccc(C)c(C)c1)S(C)(=O)=O. The van der Waals surface area contributed by atoms with Crippen molar-refractivity contribution in [2.45, 2.75) is 33.2 Å². The quantitative estimate of drug-likeness (QED) is 0.517. The van der Waals surface area contributed by atoms with Crippen LogP contribution in [0.3, 0.4) is 0 Å². The lowest BCUT2D eigenvalue weighted by Gasteiger charge is -2.30. The van der Waals surface area contributed by atoms with Gasteiger partial charge in [-0.1, -0.05) is 24.6 Å². The van der Waals surface area contributed by atoms with Crippen LogP contribution in [0.15, 0.2) is 36.4 Å². The molecule has 1 amide bonds. The molecule has 0 radical (unpaired) electrons. The Morgan fingerprint density at radius 1 is 1.21 bits per heavy atom. The summed E-state index contributed by atoms with van der Waals surface area (Å²) in [5, 5.41) is 13.6. The highest BCUT2D eigenvalue weighted by Crippen LogP contribution is 2.29. The number of nitro groups is 1. The van der Waals surface area contributed by atoms with Crippen LogP contribution < -0.4 is 9.62 Å². The number of hydrogen-bond acceptors (Lipinski definition) is 5. The topological polar surface area (TPSA) is 110 Å². The van der Waals surface area contributed by atoms with Gasteiger partial charge in [-0.2, -0.15) is 0 Å². The number of non-ortho nitro benzene ring substituents is 1. The van der Waals surface area contributed by atoms with Crippen LogP contribution in [0.4, 0.5) is 17.1 Å². The Labute approximate surface area is 174 Å². The van der Waals surface area contributed by atoms with Crippen LogP contribution in [-0.4, -0.2) is 31.5 Å². The molecule has 10 heteroatoms. The van der Waals surface area contributed by atoms with Crippen LogP contribution in [-0.2, 0) is 14.8 Å². The molecule has 0 aromatic heterocycles. The molecule has 0 aliphatic carbocycles. The maximum atomic E-state index is 12.9. The van der Waals surface area contributed by atoms with E-state index in [2.05, 4.69) is 5.32 Å². The van der Waals surface area contributed by atoms with Gasteiger partial charge in [0.15, 0.2) is 0 Å². The Kier molecular flexibility index (Phi) is 6.86. The summed E-state index contributed by atoms with van der Waals surface area (Å²) >= 11 is 6.05. The average molecular weight is 440 g/mol. The van der Waals surface area contributed by atoms with Gasteiger partial charge in [0.05, 0.1) is 27.6 Å². The zero-order chi connectivity index (χ0) is 21.9. The molecule has 156 valence electrons. The highest BCUT2D eigenvalue weighted by Gasteiger charge is 2.32. The largest absolute Gasteiger partial charge is 0.323 e. The Bertz CT molecular complexity index is 1060. The van der Waals surface area contributed by atoms with Gasteiger partial charge in [0.1, 0.15) is 6.04 Å². The molecule has 0 bridgehead atoms. The molecule has 0 fully saturated rings. The van der Waals surface area contributed by atoms with E-state index >= 15 is 0 Å². The first-order valence-electron chi connectivity index (χ1n) is 8.77. The van der Waals surface area contributed by atoms with Crippen LogP contribution in [0, 0.1) is 24.0 Å². The molecule has 8 nitrogen and oxygen atoms in total. The number of sulfonamides is 1. The van der Waals surface area contributed by atoms with Crippen molar-refractivity contribution in [1.82, 2.24) is 0 Å². The number of hydrogen-bond donors (Lipinski definition) is 1. The molecule has 0 aliphatic rings. The zero-order valence-corrected chi connectivity index (χ0v) is 18.0. The standard InChI is InChI=1S/C19H22ClN3O5S/c1-5-18(19(24)21-17-11-15(23(25)26)8-9-16(17)20)22(29(4,27)28)14-7-6-12(2)13(3)10-14/h6-11,18H,5H2,1-4H3,(H,21,24)/t18-/m1/s1. The minimum atomic E-state index is -3.80. The highest BCUT2D eigenvalue weighted by molar-refractivity contribution is 7.92. The number of benzene rings is 2. The Balaban J connectivity index is 2.45. The fourth-order valence-corrected chi connectivity index (χ4v) is 4.23. The molecular weight excluding hydrogens is 418 g/mol. The molecular formula is C19H22ClN3O5S.